The Balaban J connectivity index is 1.79. The molecule has 3 rings (SSSR count). The van der Waals surface area contributed by atoms with Gasteiger partial charge in [0.05, 0.1) is 12.7 Å². The van der Waals surface area contributed by atoms with E-state index in [4.69, 9.17) is 4.74 Å². The predicted octanol–water partition coefficient (Wildman–Crippen LogP) is 2.88. The summed E-state index contributed by atoms with van der Waals surface area (Å²) >= 11 is 0. The van der Waals surface area contributed by atoms with Crippen molar-refractivity contribution in [2.75, 3.05) is 7.11 Å². The van der Waals surface area contributed by atoms with Gasteiger partial charge in [0.1, 0.15) is 11.3 Å². The van der Waals surface area contributed by atoms with Crippen molar-refractivity contribution in [3.05, 3.63) is 65.9 Å². The third-order valence-corrected chi connectivity index (χ3v) is 3.58. The van der Waals surface area contributed by atoms with Crippen molar-refractivity contribution < 1.29 is 14.6 Å². The number of aromatic nitrogens is 1. The number of rotatable bonds is 4. The Kier molecular flexibility index (Phi) is 4.10. The number of benzene rings is 2. The zero-order valence-corrected chi connectivity index (χ0v) is 12.6. The molecule has 0 spiro atoms. The zero-order valence-electron chi connectivity index (χ0n) is 12.6. The molecule has 1 aromatic heterocycles. The van der Waals surface area contributed by atoms with Gasteiger partial charge >= 0.3 is 0 Å². The first kappa shape index (κ1) is 14.8. The Labute approximate surface area is 133 Å². The second-order valence-electron chi connectivity index (χ2n) is 5.07. The summed E-state index contributed by atoms with van der Waals surface area (Å²) in [5.41, 5.74) is 1.54. The molecule has 3 aromatic rings. The van der Waals surface area contributed by atoms with Crippen LogP contribution in [-0.4, -0.2) is 23.1 Å². The molecule has 2 aromatic carbocycles. The van der Waals surface area contributed by atoms with Crippen molar-refractivity contribution in [2.45, 2.75) is 6.54 Å². The number of amides is 1. The summed E-state index contributed by atoms with van der Waals surface area (Å²) in [6.07, 6.45) is 1.58. The van der Waals surface area contributed by atoms with Crippen LogP contribution in [0.5, 0.6) is 11.5 Å². The highest BCUT2D eigenvalue weighted by Crippen LogP contribution is 2.26. The lowest BCUT2D eigenvalue weighted by atomic mass is 10.1. The van der Waals surface area contributed by atoms with Crippen molar-refractivity contribution >= 4 is 16.8 Å². The van der Waals surface area contributed by atoms with Crippen LogP contribution in [0.4, 0.5) is 0 Å². The van der Waals surface area contributed by atoms with E-state index in [9.17, 15) is 9.90 Å². The lowest BCUT2D eigenvalue weighted by Gasteiger charge is -2.09. The first-order chi connectivity index (χ1) is 11.2. The van der Waals surface area contributed by atoms with E-state index in [1.165, 1.54) is 0 Å². The maximum Gasteiger partial charge on any atom is 0.255 e. The number of hydrogen-bond donors (Lipinski definition) is 2. The van der Waals surface area contributed by atoms with Crippen LogP contribution >= 0.6 is 0 Å². The van der Waals surface area contributed by atoms with Crippen LogP contribution in [0.25, 0.3) is 10.9 Å². The smallest absolute Gasteiger partial charge is 0.255 e. The van der Waals surface area contributed by atoms with E-state index in [-0.39, 0.29) is 17.2 Å². The van der Waals surface area contributed by atoms with Gasteiger partial charge in [0.25, 0.3) is 5.91 Å². The van der Waals surface area contributed by atoms with E-state index in [1.807, 2.05) is 30.3 Å². The lowest BCUT2D eigenvalue weighted by molar-refractivity contribution is 0.0948. The quantitative estimate of drug-likeness (QED) is 0.777. The zero-order chi connectivity index (χ0) is 16.2. The Morgan fingerprint density at radius 1 is 1.22 bits per heavy atom. The van der Waals surface area contributed by atoms with Crippen molar-refractivity contribution in [1.29, 1.82) is 0 Å². The highest BCUT2D eigenvalue weighted by atomic mass is 16.5. The van der Waals surface area contributed by atoms with Crippen molar-refractivity contribution in [1.82, 2.24) is 10.3 Å². The molecule has 0 aliphatic rings. The molecule has 116 valence electrons. The summed E-state index contributed by atoms with van der Waals surface area (Å²) in [7, 11) is 1.60. The Bertz CT molecular complexity index is 862. The van der Waals surface area contributed by atoms with Gasteiger partial charge in [-0.05, 0) is 29.8 Å². The molecule has 0 atom stereocenters. The van der Waals surface area contributed by atoms with Gasteiger partial charge in [0.15, 0.2) is 5.75 Å². The number of aromatic hydroxyl groups is 1. The monoisotopic (exact) mass is 308 g/mol. The first-order valence-corrected chi connectivity index (χ1v) is 7.17. The van der Waals surface area contributed by atoms with Gasteiger partial charge < -0.3 is 15.2 Å². The summed E-state index contributed by atoms with van der Waals surface area (Å²) < 4.78 is 5.15. The fourth-order valence-electron chi connectivity index (χ4n) is 2.37. The largest absolute Gasteiger partial charge is 0.505 e. The number of phenols is 1. The normalized spacial score (nSPS) is 10.5. The molecule has 5 nitrogen and oxygen atoms in total. The number of methoxy groups -OCH3 is 1. The molecule has 23 heavy (non-hydrogen) atoms. The Morgan fingerprint density at radius 2 is 2.09 bits per heavy atom. The van der Waals surface area contributed by atoms with Crippen molar-refractivity contribution in [3.63, 3.8) is 0 Å². The van der Waals surface area contributed by atoms with Crippen LogP contribution in [-0.2, 0) is 6.54 Å². The molecule has 0 unspecified atom stereocenters. The highest BCUT2D eigenvalue weighted by Gasteiger charge is 2.14. The topological polar surface area (TPSA) is 71.5 Å². The molecule has 1 heterocycles. The maximum absolute atomic E-state index is 12.3. The third-order valence-electron chi connectivity index (χ3n) is 3.58. The van der Waals surface area contributed by atoms with Gasteiger partial charge in [-0.25, -0.2) is 0 Å². The summed E-state index contributed by atoms with van der Waals surface area (Å²) in [6, 6.07) is 14.4. The summed E-state index contributed by atoms with van der Waals surface area (Å²) in [4.78, 5) is 16.4. The van der Waals surface area contributed by atoms with E-state index < -0.39 is 0 Å². The molecular formula is C18H16N2O3. The van der Waals surface area contributed by atoms with Crippen LogP contribution in [0.2, 0.25) is 0 Å². The van der Waals surface area contributed by atoms with Crippen LogP contribution in [0, 0.1) is 0 Å². The van der Waals surface area contributed by atoms with Crippen molar-refractivity contribution in [2.24, 2.45) is 0 Å². The minimum absolute atomic E-state index is 0.105. The maximum atomic E-state index is 12.3. The van der Waals surface area contributed by atoms with Gasteiger partial charge in [-0.15, -0.1) is 0 Å². The van der Waals surface area contributed by atoms with Gasteiger partial charge in [0, 0.05) is 18.1 Å². The molecule has 0 aliphatic carbocycles. The molecule has 0 aliphatic heterocycles. The minimum atomic E-state index is -0.349. The molecule has 0 radical (unpaired) electrons. The Morgan fingerprint density at radius 3 is 2.91 bits per heavy atom. The van der Waals surface area contributed by atoms with E-state index in [0.29, 0.717) is 12.1 Å². The van der Waals surface area contributed by atoms with Crippen molar-refractivity contribution in [3.8, 4) is 11.5 Å². The predicted molar refractivity (Wildman–Crippen MR) is 87.6 cm³/mol. The number of phenolic OH excluding ortho intramolecular Hbond substituents is 1. The fraction of sp³-hybridized carbons (Fsp3) is 0.111. The molecule has 0 bridgehead atoms. The van der Waals surface area contributed by atoms with Gasteiger partial charge in [-0.3, -0.25) is 9.78 Å². The summed E-state index contributed by atoms with van der Waals surface area (Å²) in [5, 5.41) is 13.8. The summed E-state index contributed by atoms with van der Waals surface area (Å²) in [6.45, 7) is 0.343. The molecular weight excluding hydrogens is 292 g/mol. The molecule has 2 N–H and O–H groups in total. The van der Waals surface area contributed by atoms with Crippen LogP contribution < -0.4 is 10.1 Å². The molecule has 0 saturated carbocycles. The molecule has 0 saturated heterocycles. The van der Waals surface area contributed by atoms with E-state index in [0.717, 1.165) is 16.7 Å². The first-order valence-electron chi connectivity index (χ1n) is 7.17. The average Bonchev–Trinajstić information content (AvgIpc) is 2.60. The average molecular weight is 308 g/mol. The van der Waals surface area contributed by atoms with Crippen LogP contribution in [0.3, 0.4) is 0 Å². The standard InChI is InChI=1S/C18H16N2O3/c1-23-14-6-2-4-12(10-14)11-20-18(22)15-8-7-13-5-3-9-19-16(13)17(15)21/h2-10,21H,11H2,1H3,(H,20,22). The molecule has 0 fully saturated rings. The number of fused-ring (bicyclic) bond motifs is 1. The second-order valence-corrected chi connectivity index (χ2v) is 5.07. The number of nitrogens with one attached hydrogen (secondary N) is 1. The van der Waals surface area contributed by atoms with E-state index >= 15 is 0 Å². The lowest BCUT2D eigenvalue weighted by Crippen LogP contribution is -2.22. The summed E-state index contributed by atoms with van der Waals surface area (Å²) in [5.74, 6) is 0.276. The molecule has 5 heteroatoms. The third kappa shape index (κ3) is 3.08. The number of nitrogens with zero attached hydrogens (tertiary/aromatic N) is 1. The van der Waals surface area contributed by atoms with Gasteiger partial charge in [-0.1, -0.05) is 24.3 Å². The van der Waals surface area contributed by atoms with E-state index in [2.05, 4.69) is 10.3 Å². The SMILES string of the molecule is COc1cccc(CNC(=O)c2ccc3cccnc3c2O)c1. The number of carbonyl (C=O) groups is 1. The van der Waals surface area contributed by atoms with Gasteiger partial charge in [0.2, 0.25) is 0 Å². The number of carbonyl (C=O) groups excluding carboxylic acids is 1. The van der Waals surface area contributed by atoms with Gasteiger partial charge in [-0.2, -0.15) is 0 Å². The highest BCUT2D eigenvalue weighted by molar-refractivity contribution is 6.02. The number of pyridine rings is 1. The number of hydrogen-bond acceptors (Lipinski definition) is 4. The minimum Gasteiger partial charge on any atom is -0.505 e. The molecule has 1 amide bonds. The van der Waals surface area contributed by atoms with Crippen LogP contribution in [0.15, 0.2) is 54.7 Å². The second kappa shape index (κ2) is 6.36. The number of ether oxygens (including phenoxy) is 1. The van der Waals surface area contributed by atoms with Crippen LogP contribution in [0.1, 0.15) is 15.9 Å². The Hall–Kier alpha value is -3.08. The van der Waals surface area contributed by atoms with E-state index in [1.54, 1.807) is 31.5 Å². The fourth-order valence-corrected chi connectivity index (χ4v) is 2.37.